The number of hydrogen-bond acceptors (Lipinski definition) is 2. The van der Waals surface area contributed by atoms with Crippen molar-refractivity contribution in [2.75, 3.05) is 12.5 Å². The molecule has 5 heteroatoms. The number of rotatable bonds is 2. The summed E-state index contributed by atoms with van der Waals surface area (Å²) in [6.45, 7) is 0.181. The number of carbonyl (C=O) groups excluding carboxylic acids is 1. The number of ether oxygens (including phenoxy) is 1. The first-order valence-corrected chi connectivity index (χ1v) is 2.82. The molecule has 8 heavy (non-hydrogen) atoms. The number of hydrogen-bond donors (Lipinski definition) is 1. The molecular weight excluding hydrogens is 153 g/mol. The van der Waals surface area contributed by atoms with Crippen molar-refractivity contribution in [3.8, 4) is 0 Å². The molecular formula is C3H5Cl2NO2. The highest BCUT2D eigenvalue weighted by Gasteiger charge is 1.94. The van der Waals surface area contributed by atoms with Crippen molar-refractivity contribution in [1.29, 1.82) is 0 Å². The quantitative estimate of drug-likeness (QED) is 0.482. The zero-order valence-electron chi connectivity index (χ0n) is 3.99. The Balaban J connectivity index is 2.99. The van der Waals surface area contributed by atoms with Gasteiger partial charge in [-0.3, -0.25) is 0 Å². The molecule has 3 nitrogen and oxygen atoms in total. The molecule has 0 unspecified atom stereocenters. The maximum Gasteiger partial charge on any atom is 0.421 e. The predicted octanol–water partition coefficient (Wildman–Crippen LogP) is 1.11. The molecule has 0 rings (SSSR count). The lowest BCUT2D eigenvalue weighted by Crippen LogP contribution is -2.15. The zero-order chi connectivity index (χ0) is 6.41. The summed E-state index contributed by atoms with van der Waals surface area (Å²) in [6.07, 6.45) is -0.674. The molecule has 0 atom stereocenters. The lowest BCUT2D eigenvalue weighted by Gasteiger charge is -1.96. The van der Waals surface area contributed by atoms with Gasteiger partial charge >= 0.3 is 6.09 Å². The van der Waals surface area contributed by atoms with Crippen molar-refractivity contribution < 1.29 is 9.53 Å². The van der Waals surface area contributed by atoms with Gasteiger partial charge in [0.15, 0.2) is 0 Å². The Kier molecular flexibility index (Phi) is 4.90. The monoisotopic (exact) mass is 157 g/mol. The Morgan fingerprint density at radius 2 is 2.38 bits per heavy atom. The Hall–Kier alpha value is -0.150. The maximum absolute atomic E-state index is 10.0. The molecule has 0 heterocycles. The molecule has 0 aliphatic heterocycles. The minimum atomic E-state index is -0.674. The van der Waals surface area contributed by atoms with Crippen LogP contribution in [-0.4, -0.2) is 18.6 Å². The van der Waals surface area contributed by atoms with E-state index in [2.05, 4.69) is 4.74 Å². The van der Waals surface area contributed by atoms with Crippen LogP contribution in [0, 0.1) is 0 Å². The number of amides is 1. The van der Waals surface area contributed by atoms with Crippen LogP contribution in [0.2, 0.25) is 0 Å². The van der Waals surface area contributed by atoms with Crippen LogP contribution in [0.5, 0.6) is 0 Å². The van der Waals surface area contributed by atoms with Crippen molar-refractivity contribution >= 4 is 29.5 Å². The van der Waals surface area contributed by atoms with Gasteiger partial charge in [0.25, 0.3) is 0 Å². The van der Waals surface area contributed by atoms with Gasteiger partial charge in [-0.2, -0.15) is 0 Å². The van der Waals surface area contributed by atoms with Gasteiger partial charge < -0.3 is 4.74 Å². The summed E-state index contributed by atoms with van der Waals surface area (Å²) >= 11 is 9.97. The zero-order valence-corrected chi connectivity index (χ0v) is 5.50. The van der Waals surface area contributed by atoms with Gasteiger partial charge in [0, 0.05) is 11.8 Å². The second kappa shape index (κ2) is 5.00. The molecule has 0 saturated carbocycles. The SMILES string of the molecule is O=C(NCl)OCCCl. The van der Waals surface area contributed by atoms with E-state index in [0.29, 0.717) is 0 Å². The van der Waals surface area contributed by atoms with Crippen molar-refractivity contribution in [3.05, 3.63) is 0 Å². The van der Waals surface area contributed by atoms with Gasteiger partial charge in [0.05, 0.1) is 5.88 Å². The van der Waals surface area contributed by atoms with Crippen molar-refractivity contribution in [1.82, 2.24) is 4.84 Å². The van der Waals surface area contributed by atoms with Crippen LogP contribution in [0.1, 0.15) is 0 Å². The van der Waals surface area contributed by atoms with Crippen LogP contribution in [0.15, 0.2) is 0 Å². The molecule has 48 valence electrons. The average molecular weight is 158 g/mol. The molecule has 0 aliphatic carbocycles. The topological polar surface area (TPSA) is 38.3 Å². The fraction of sp³-hybridized carbons (Fsp3) is 0.667. The van der Waals surface area contributed by atoms with Crippen LogP contribution in [0.3, 0.4) is 0 Å². The van der Waals surface area contributed by atoms with Crippen molar-refractivity contribution in [2.24, 2.45) is 0 Å². The number of nitrogens with one attached hydrogen (secondary N) is 1. The highest BCUT2D eigenvalue weighted by Crippen LogP contribution is 1.80. The van der Waals surface area contributed by atoms with Gasteiger partial charge in [0.1, 0.15) is 6.61 Å². The van der Waals surface area contributed by atoms with E-state index in [1.165, 1.54) is 0 Å². The van der Waals surface area contributed by atoms with E-state index in [1.807, 2.05) is 0 Å². The van der Waals surface area contributed by atoms with Crippen molar-refractivity contribution in [3.63, 3.8) is 0 Å². The van der Waals surface area contributed by atoms with Crippen LogP contribution in [-0.2, 0) is 4.74 Å². The molecule has 1 N–H and O–H groups in total. The summed E-state index contributed by atoms with van der Waals surface area (Å²) in [5, 5.41) is 0. The summed E-state index contributed by atoms with van der Waals surface area (Å²) in [4.78, 5) is 11.8. The van der Waals surface area contributed by atoms with E-state index in [1.54, 1.807) is 4.84 Å². The van der Waals surface area contributed by atoms with E-state index in [4.69, 9.17) is 23.4 Å². The summed E-state index contributed by atoms with van der Waals surface area (Å²) in [7, 11) is 0. The smallest absolute Gasteiger partial charge is 0.421 e. The average Bonchev–Trinajstić information content (AvgIpc) is 1.83. The normalized spacial score (nSPS) is 8.25. The second-order valence-electron chi connectivity index (χ2n) is 0.919. The Bertz CT molecular complexity index is 77.7. The number of halogens is 2. The van der Waals surface area contributed by atoms with Crippen LogP contribution in [0.25, 0.3) is 0 Å². The Morgan fingerprint density at radius 1 is 1.75 bits per heavy atom. The standard InChI is InChI=1S/C3H5Cl2NO2/c4-1-2-8-3(7)6-5/h1-2H2,(H,6,7). The van der Waals surface area contributed by atoms with Gasteiger partial charge in [-0.1, -0.05) is 0 Å². The predicted molar refractivity (Wildman–Crippen MR) is 31.1 cm³/mol. The molecule has 1 amide bonds. The third kappa shape index (κ3) is 4.02. The molecule has 0 radical (unpaired) electrons. The molecule has 0 spiro atoms. The third-order valence-corrected chi connectivity index (χ3v) is 0.696. The molecule has 0 fully saturated rings. The molecule has 0 bridgehead atoms. The third-order valence-electron chi connectivity index (χ3n) is 0.387. The van der Waals surface area contributed by atoms with Crippen LogP contribution in [0.4, 0.5) is 4.79 Å². The number of carbonyl (C=O) groups is 1. The molecule has 0 aromatic rings. The largest absolute Gasteiger partial charge is 0.447 e. The van der Waals surface area contributed by atoms with Crippen LogP contribution < -0.4 is 4.84 Å². The highest BCUT2D eigenvalue weighted by atomic mass is 35.5. The molecule has 0 aromatic heterocycles. The summed E-state index contributed by atoms with van der Waals surface area (Å²) in [5.74, 6) is 0.282. The molecule has 0 aliphatic rings. The summed E-state index contributed by atoms with van der Waals surface area (Å²) in [5.41, 5.74) is 0. The minimum Gasteiger partial charge on any atom is -0.447 e. The summed E-state index contributed by atoms with van der Waals surface area (Å²) in [6, 6.07) is 0. The second-order valence-corrected chi connectivity index (χ2v) is 1.49. The lowest BCUT2D eigenvalue weighted by atomic mass is 10.9. The summed E-state index contributed by atoms with van der Waals surface area (Å²) < 4.78 is 4.33. The molecule has 0 aromatic carbocycles. The van der Waals surface area contributed by atoms with E-state index in [-0.39, 0.29) is 12.5 Å². The van der Waals surface area contributed by atoms with Crippen LogP contribution >= 0.6 is 23.4 Å². The van der Waals surface area contributed by atoms with E-state index in [9.17, 15) is 4.79 Å². The molecule has 0 saturated heterocycles. The minimum absolute atomic E-state index is 0.181. The van der Waals surface area contributed by atoms with Gasteiger partial charge in [-0.15, -0.1) is 11.6 Å². The fourth-order valence-corrected chi connectivity index (χ4v) is 0.290. The van der Waals surface area contributed by atoms with Crippen molar-refractivity contribution in [2.45, 2.75) is 0 Å². The van der Waals surface area contributed by atoms with Gasteiger partial charge in [-0.05, 0) is 0 Å². The highest BCUT2D eigenvalue weighted by molar-refractivity contribution is 6.20. The first kappa shape index (κ1) is 7.85. The lowest BCUT2D eigenvalue weighted by molar-refractivity contribution is 0.159. The van der Waals surface area contributed by atoms with E-state index in [0.717, 1.165) is 0 Å². The van der Waals surface area contributed by atoms with E-state index >= 15 is 0 Å². The first-order valence-electron chi connectivity index (χ1n) is 1.90. The van der Waals surface area contributed by atoms with Gasteiger partial charge in [0.2, 0.25) is 0 Å². The Morgan fingerprint density at radius 3 is 2.75 bits per heavy atom. The maximum atomic E-state index is 10.0. The van der Waals surface area contributed by atoms with E-state index < -0.39 is 6.09 Å². The number of alkyl halides is 1. The Labute approximate surface area is 57.0 Å². The van der Waals surface area contributed by atoms with Gasteiger partial charge in [-0.25, -0.2) is 9.63 Å². The first-order chi connectivity index (χ1) is 3.81. The fourth-order valence-electron chi connectivity index (χ4n) is 0.159.